The Labute approximate surface area is 128 Å². The van der Waals surface area contributed by atoms with Gasteiger partial charge < -0.3 is 10.6 Å². The Morgan fingerprint density at radius 2 is 2.10 bits per heavy atom. The minimum atomic E-state index is 0.457. The molecule has 0 saturated carbocycles. The van der Waals surface area contributed by atoms with Gasteiger partial charge in [-0.3, -0.25) is 9.89 Å². The molecule has 116 valence electrons. The molecule has 0 saturated heterocycles. The van der Waals surface area contributed by atoms with Gasteiger partial charge in [-0.15, -0.1) is 0 Å². The van der Waals surface area contributed by atoms with Crippen molar-refractivity contribution in [1.29, 1.82) is 0 Å². The second-order valence-electron chi connectivity index (χ2n) is 5.75. The van der Waals surface area contributed by atoms with Crippen LogP contribution in [0, 0.1) is 0 Å². The molecule has 2 N–H and O–H groups in total. The molecule has 0 radical (unpaired) electrons. The number of guanidine groups is 1. The first-order chi connectivity index (χ1) is 10.2. The van der Waals surface area contributed by atoms with Gasteiger partial charge in [0.15, 0.2) is 5.96 Å². The van der Waals surface area contributed by atoms with Crippen LogP contribution in [0.25, 0.3) is 0 Å². The number of nitrogens with zero attached hydrogens (tertiary/aromatic N) is 2. The fourth-order valence-electron chi connectivity index (χ4n) is 2.61. The van der Waals surface area contributed by atoms with Gasteiger partial charge in [0.1, 0.15) is 0 Å². The minimum Gasteiger partial charge on any atom is -0.355 e. The lowest BCUT2D eigenvalue weighted by atomic mass is 10.00. The molecule has 1 aliphatic rings. The quantitative estimate of drug-likeness (QED) is 0.643. The number of hydrogen-bond donors (Lipinski definition) is 2. The Kier molecular flexibility index (Phi) is 6.05. The molecule has 0 aromatic heterocycles. The Bertz CT molecular complexity index is 470. The van der Waals surface area contributed by atoms with Gasteiger partial charge in [0.2, 0.25) is 0 Å². The second kappa shape index (κ2) is 8.03. The van der Waals surface area contributed by atoms with Crippen molar-refractivity contribution in [1.82, 2.24) is 15.5 Å². The van der Waals surface area contributed by atoms with E-state index in [1.165, 1.54) is 11.1 Å². The number of nitrogens with one attached hydrogen (secondary N) is 2. The summed E-state index contributed by atoms with van der Waals surface area (Å²) in [6, 6.07) is 9.23. The summed E-state index contributed by atoms with van der Waals surface area (Å²) in [6.07, 6.45) is 2.26. The van der Waals surface area contributed by atoms with E-state index in [-0.39, 0.29) is 0 Å². The van der Waals surface area contributed by atoms with E-state index in [4.69, 9.17) is 0 Å². The van der Waals surface area contributed by atoms with Crippen LogP contribution in [0.2, 0.25) is 0 Å². The van der Waals surface area contributed by atoms with E-state index in [9.17, 15) is 0 Å². The summed E-state index contributed by atoms with van der Waals surface area (Å²) in [7, 11) is 1.83. The van der Waals surface area contributed by atoms with Crippen LogP contribution < -0.4 is 10.6 Å². The molecule has 4 nitrogen and oxygen atoms in total. The van der Waals surface area contributed by atoms with Crippen molar-refractivity contribution in [2.45, 2.75) is 39.3 Å². The maximum absolute atomic E-state index is 4.27. The Morgan fingerprint density at radius 3 is 2.81 bits per heavy atom. The fraction of sp³-hybridized carbons (Fsp3) is 0.588. The molecule has 21 heavy (non-hydrogen) atoms. The number of benzene rings is 1. The molecular weight excluding hydrogens is 260 g/mol. The van der Waals surface area contributed by atoms with E-state index in [1.807, 2.05) is 7.05 Å². The Balaban J connectivity index is 1.74. The van der Waals surface area contributed by atoms with E-state index in [1.54, 1.807) is 0 Å². The molecule has 1 aliphatic heterocycles. The van der Waals surface area contributed by atoms with Gasteiger partial charge in [0.25, 0.3) is 0 Å². The highest BCUT2D eigenvalue weighted by atomic mass is 15.2. The lowest BCUT2D eigenvalue weighted by molar-refractivity contribution is 0.258. The monoisotopic (exact) mass is 288 g/mol. The third-order valence-corrected chi connectivity index (χ3v) is 4.15. The summed E-state index contributed by atoms with van der Waals surface area (Å²) >= 11 is 0. The number of fused-ring (bicyclic) bond motifs is 1. The third-order valence-electron chi connectivity index (χ3n) is 4.15. The molecule has 0 aliphatic carbocycles. The van der Waals surface area contributed by atoms with Crippen molar-refractivity contribution in [3.05, 3.63) is 35.4 Å². The number of aliphatic imine (C=N–C) groups is 1. The lowest BCUT2D eigenvalue weighted by Crippen LogP contribution is -2.45. The summed E-state index contributed by atoms with van der Waals surface area (Å²) in [5.41, 5.74) is 2.99. The van der Waals surface area contributed by atoms with E-state index in [0.717, 1.165) is 45.0 Å². The second-order valence-corrected chi connectivity index (χ2v) is 5.75. The Morgan fingerprint density at radius 1 is 1.33 bits per heavy atom. The van der Waals surface area contributed by atoms with Gasteiger partial charge in [-0.1, -0.05) is 31.2 Å². The summed E-state index contributed by atoms with van der Waals surface area (Å²) < 4.78 is 0. The maximum Gasteiger partial charge on any atom is 0.191 e. The van der Waals surface area contributed by atoms with Gasteiger partial charge in [0, 0.05) is 39.3 Å². The summed E-state index contributed by atoms with van der Waals surface area (Å²) in [6.45, 7) is 8.55. The van der Waals surface area contributed by atoms with Crippen LogP contribution in [0.5, 0.6) is 0 Å². The minimum absolute atomic E-state index is 0.457. The van der Waals surface area contributed by atoms with E-state index in [2.05, 4.69) is 58.6 Å². The van der Waals surface area contributed by atoms with Crippen LogP contribution in [-0.2, 0) is 13.0 Å². The third kappa shape index (κ3) is 4.74. The molecule has 1 unspecified atom stereocenters. The van der Waals surface area contributed by atoms with Crippen molar-refractivity contribution in [3.63, 3.8) is 0 Å². The molecular formula is C17H28N4. The van der Waals surface area contributed by atoms with Gasteiger partial charge >= 0.3 is 0 Å². The predicted octanol–water partition coefficient (Wildman–Crippen LogP) is 2.01. The molecule has 1 atom stereocenters. The summed E-state index contributed by atoms with van der Waals surface area (Å²) in [5, 5.41) is 6.79. The highest BCUT2D eigenvalue weighted by Crippen LogP contribution is 2.17. The van der Waals surface area contributed by atoms with Crippen molar-refractivity contribution >= 4 is 5.96 Å². The molecule has 0 amide bonds. The van der Waals surface area contributed by atoms with Gasteiger partial charge in [-0.25, -0.2) is 0 Å². The van der Waals surface area contributed by atoms with Crippen molar-refractivity contribution in [2.75, 3.05) is 26.7 Å². The van der Waals surface area contributed by atoms with Gasteiger partial charge in [-0.2, -0.15) is 0 Å². The molecule has 4 heteroatoms. The number of rotatable bonds is 5. The SMILES string of the molecule is CCC(C)NC(=NC)NCCN1CCc2ccccc2C1. The molecule has 1 aromatic carbocycles. The largest absolute Gasteiger partial charge is 0.355 e. The molecule has 1 aromatic rings. The molecule has 0 bridgehead atoms. The maximum atomic E-state index is 4.27. The summed E-state index contributed by atoms with van der Waals surface area (Å²) in [4.78, 5) is 6.78. The van der Waals surface area contributed by atoms with Gasteiger partial charge in [-0.05, 0) is 30.9 Å². The smallest absolute Gasteiger partial charge is 0.191 e. The van der Waals surface area contributed by atoms with Crippen LogP contribution in [-0.4, -0.2) is 43.6 Å². The van der Waals surface area contributed by atoms with E-state index >= 15 is 0 Å². The first-order valence-corrected chi connectivity index (χ1v) is 7.99. The average molecular weight is 288 g/mol. The van der Waals surface area contributed by atoms with Crippen molar-refractivity contribution in [3.8, 4) is 0 Å². The topological polar surface area (TPSA) is 39.7 Å². The van der Waals surface area contributed by atoms with Crippen molar-refractivity contribution in [2.24, 2.45) is 4.99 Å². The average Bonchev–Trinajstić information content (AvgIpc) is 2.53. The standard InChI is InChI=1S/C17H28N4/c1-4-14(2)20-17(18-3)19-10-12-21-11-9-15-7-5-6-8-16(15)13-21/h5-8,14H,4,9-13H2,1-3H3,(H2,18,19,20). The first-order valence-electron chi connectivity index (χ1n) is 7.99. The zero-order valence-corrected chi connectivity index (χ0v) is 13.5. The lowest BCUT2D eigenvalue weighted by Gasteiger charge is -2.29. The fourth-order valence-corrected chi connectivity index (χ4v) is 2.61. The molecule has 0 spiro atoms. The normalized spacial score (nSPS) is 17.2. The van der Waals surface area contributed by atoms with Crippen LogP contribution >= 0.6 is 0 Å². The molecule has 1 heterocycles. The highest BCUT2D eigenvalue weighted by molar-refractivity contribution is 5.79. The molecule has 0 fully saturated rings. The van der Waals surface area contributed by atoms with E-state index < -0.39 is 0 Å². The molecule has 2 rings (SSSR count). The highest BCUT2D eigenvalue weighted by Gasteiger charge is 2.15. The zero-order chi connectivity index (χ0) is 15.1. The Hall–Kier alpha value is -1.55. The van der Waals surface area contributed by atoms with Crippen LogP contribution in [0.4, 0.5) is 0 Å². The van der Waals surface area contributed by atoms with Gasteiger partial charge in [0.05, 0.1) is 0 Å². The number of hydrogen-bond acceptors (Lipinski definition) is 2. The van der Waals surface area contributed by atoms with Crippen LogP contribution in [0.1, 0.15) is 31.4 Å². The first kappa shape index (κ1) is 15.8. The van der Waals surface area contributed by atoms with Crippen molar-refractivity contribution < 1.29 is 0 Å². The van der Waals surface area contributed by atoms with Crippen LogP contribution in [0.15, 0.2) is 29.3 Å². The van der Waals surface area contributed by atoms with Crippen LogP contribution in [0.3, 0.4) is 0 Å². The zero-order valence-electron chi connectivity index (χ0n) is 13.5. The summed E-state index contributed by atoms with van der Waals surface area (Å²) in [5.74, 6) is 0.904. The predicted molar refractivity (Wildman–Crippen MR) is 89.7 cm³/mol. The van der Waals surface area contributed by atoms with E-state index in [0.29, 0.717) is 6.04 Å².